The fraction of sp³-hybridized carbons (Fsp3) is 0.300. The van der Waals surface area contributed by atoms with Crippen molar-refractivity contribution < 1.29 is 14.3 Å². The molecule has 1 fully saturated rings. The Bertz CT molecular complexity index is 526. The number of furan rings is 1. The normalized spacial score (nSPS) is 15.2. The Morgan fingerprint density at radius 2 is 2.38 bits per heavy atom. The molecule has 0 saturated heterocycles. The molecule has 0 amide bonds. The van der Waals surface area contributed by atoms with E-state index in [1.165, 1.54) is 12.5 Å². The van der Waals surface area contributed by atoms with Crippen molar-refractivity contribution in [3.63, 3.8) is 0 Å². The third kappa shape index (κ3) is 1.30. The van der Waals surface area contributed by atoms with Gasteiger partial charge in [-0.05, 0) is 18.9 Å². The van der Waals surface area contributed by atoms with Gasteiger partial charge in [-0.1, -0.05) is 5.21 Å². The smallest absolute Gasteiger partial charge is 0.358 e. The predicted octanol–water partition coefficient (Wildman–Crippen LogP) is 1.57. The predicted molar refractivity (Wildman–Crippen MR) is 53.0 cm³/mol. The van der Waals surface area contributed by atoms with E-state index in [-0.39, 0.29) is 11.7 Å². The molecule has 2 aromatic rings. The summed E-state index contributed by atoms with van der Waals surface area (Å²) in [6.07, 6.45) is 5.05. The van der Waals surface area contributed by atoms with Crippen molar-refractivity contribution in [1.29, 1.82) is 0 Å². The van der Waals surface area contributed by atoms with Gasteiger partial charge in [0.15, 0.2) is 5.69 Å². The molecule has 82 valence electrons. The maximum absolute atomic E-state index is 11.0. The number of hydrogen-bond donors (Lipinski definition) is 1. The van der Waals surface area contributed by atoms with Crippen molar-refractivity contribution in [3.8, 4) is 11.3 Å². The van der Waals surface area contributed by atoms with Gasteiger partial charge in [0.05, 0.1) is 18.6 Å². The highest BCUT2D eigenvalue weighted by Crippen LogP contribution is 2.38. The van der Waals surface area contributed by atoms with Crippen molar-refractivity contribution >= 4 is 5.97 Å². The third-order valence-corrected chi connectivity index (χ3v) is 2.58. The van der Waals surface area contributed by atoms with E-state index in [4.69, 9.17) is 9.52 Å². The second kappa shape index (κ2) is 3.19. The molecule has 2 heterocycles. The van der Waals surface area contributed by atoms with Gasteiger partial charge in [0, 0.05) is 5.56 Å². The molecule has 0 unspecified atom stereocenters. The Kier molecular flexibility index (Phi) is 1.82. The Balaban J connectivity index is 2.18. The molecule has 1 saturated carbocycles. The standard InChI is InChI=1S/C10H9N3O3/c14-10(15)8-9(6-3-4-16-5-6)13(12-11-8)7-1-2-7/h3-5,7H,1-2H2,(H,14,15). The first-order chi connectivity index (χ1) is 7.77. The highest BCUT2D eigenvalue weighted by Gasteiger charge is 2.31. The number of carbonyl (C=O) groups is 1. The first kappa shape index (κ1) is 9.14. The molecule has 1 N–H and O–H groups in total. The Labute approximate surface area is 90.5 Å². The molecule has 6 heteroatoms. The summed E-state index contributed by atoms with van der Waals surface area (Å²) in [7, 11) is 0. The van der Waals surface area contributed by atoms with E-state index in [1.807, 2.05) is 0 Å². The lowest BCUT2D eigenvalue weighted by atomic mass is 10.2. The van der Waals surface area contributed by atoms with Gasteiger partial charge in [0.1, 0.15) is 5.69 Å². The monoisotopic (exact) mass is 219 g/mol. The Morgan fingerprint density at radius 1 is 1.56 bits per heavy atom. The summed E-state index contributed by atoms with van der Waals surface area (Å²) in [6, 6.07) is 2.00. The first-order valence-corrected chi connectivity index (χ1v) is 4.98. The van der Waals surface area contributed by atoms with Gasteiger partial charge in [-0.25, -0.2) is 9.48 Å². The number of carboxylic acids is 1. The maximum atomic E-state index is 11.0. The second-order valence-electron chi connectivity index (χ2n) is 3.78. The van der Waals surface area contributed by atoms with Crippen LogP contribution in [0.2, 0.25) is 0 Å². The molecule has 16 heavy (non-hydrogen) atoms. The summed E-state index contributed by atoms with van der Waals surface area (Å²) < 4.78 is 6.64. The lowest BCUT2D eigenvalue weighted by Crippen LogP contribution is -2.02. The van der Waals surface area contributed by atoms with Gasteiger partial charge >= 0.3 is 5.97 Å². The number of carboxylic acid groups (broad SMARTS) is 1. The number of aromatic nitrogens is 3. The lowest BCUT2D eigenvalue weighted by molar-refractivity contribution is 0.0691. The first-order valence-electron chi connectivity index (χ1n) is 4.98. The van der Waals surface area contributed by atoms with Crippen molar-refractivity contribution in [3.05, 3.63) is 24.3 Å². The second-order valence-corrected chi connectivity index (χ2v) is 3.78. The highest BCUT2D eigenvalue weighted by molar-refractivity contribution is 5.92. The fourth-order valence-electron chi connectivity index (χ4n) is 1.68. The molecule has 3 rings (SSSR count). The summed E-state index contributed by atoms with van der Waals surface area (Å²) in [5.41, 5.74) is 1.21. The molecule has 1 aliphatic rings. The largest absolute Gasteiger partial charge is 0.476 e. The molecular weight excluding hydrogens is 210 g/mol. The molecular formula is C10H9N3O3. The number of aromatic carboxylic acids is 1. The quantitative estimate of drug-likeness (QED) is 0.847. The van der Waals surface area contributed by atoms with Gasteiger partial charge in [-0.15, -0.1) is 5.10 Å². The molecule has 0 radical (unpaired) electrons. The number of nitrogens with zero attached hydrogens (tertiary/aromatic N) is 3. The van der Waals surface area contributed by atoms with E-state index in [1.54, 1.807) is 10.7 Å². The van der Waals surface area contributed by atoms with Gasteiger partial charge < -0.3 is 9.52 Å². The molecule has 6 nitrogen and oxygen atoms in total. The summed E-state index contributed by atoms with van der Waals surface area (Å²) >= 11 is 0. The fourth-order valence-corrected chi connectivity index (χ4v) is 1.68. The molecule has 0 bridgehead atoms. The zero-order valence-electron chi connectivity index (χ0n) is 8.33. The Hall–Kier alpha value is -2.11. The summed E-state index contributed by atoms with van der Waals surface area (Å²) in [5.74, 6) is -1.07. The maximum Gasteiger partial charge on any atom is 0.358 e. The van der Waals surface area contributed by atoms with Crippen LogP contribution in [0.5, 0.6) is 0 Å². The molecule has 2 aromatic heterocycles. The van der Waals surface area contributed by atoms with Crippen LogP contribution in [-0.2, 0) is 0 Å². The number of hydrogen-bond acceptors (Lipinski definition) is 4. The number of rotatable bonds is 3. The average Bonchev–Trinajstić information content (AvgIpc) is 2.82. The van der Waals surface area contributed by atoms with Crippen LogP contribution in [0.15, 0.2) is 23.0 Å². The van der Waals surface area contributed by atoms with Gasteiger partial charge in [0.2, 0.25) is 0 Å². The van der Waals surface area contributed by atoms with Crippen molar-refractivity contribution in [1.82, 2.24) is 15.0 Å². The van der Waals surface area contributed by atoms with E-state index in [9.17, 15) is 4.79 Å². The zero-order valence-corrected chi connectivity index (χ0v) is 8.33. The van der Waals surface area contributed by atoms with Crippen LogP contribution in [-0.4, -0.2) is 26.1 Å². The Morgan fingerprint density at radius 3 is 2.94 bits per heavy atom. The van der Waals surface area contributed by atoms with E-state index in [0.29, 0.717) is 11.3 Å². The van der Waals surface area contributed by atoms with Crippen LogP contribution in [0.3, 0.4) is 0 Å². The van der Waals surface area contributed by atoms with Crippen molar-refractivity contribution in [2.24, 2.45) is 0 Å². The van der Waals surface area contributed by atoms with Crippen molar-refractivity contribution in [2.45, 2.75) is 18.9 Å². The zero-order chi connectivity index (χ0) is 11.1. The van der Waals surface area contributed by atoms with Gasteiger partial charge in [-0.3, -0.25) is 0 Å². The summed E-state index contributed by atoms with van der Waals surface area (Å²) in [5, 5.41) is 16.6. The van der Waals surface area contributed by atoms with Crippen LogP contribution in [0, 0.1) is 0 Å². The minimum atomic E-state index is -1.07. The van der Waals surface area contributed by atoms with E-state index in [0.717, 1.165) is 12.8 Å². The average molecular weight is 219 g/mol. The van der Waals surface area contributed by atoms with Crippen molar-refractivity contribution in [2.75, 3.05) is 0 Å². The highest BCUT2D eigenvalue weighted by atomic mass is 16.4. The minimum Gasteiger partial charge on any atom is -0.476 e. The molecule has 0 atom stereocenters. The third-order valence-electron chi connectivity index (χ3n) is 2.58. The van der Waals surface area contributed by atoms with E-state index < -0.39 is 5.97 Å². The topological polar surface area (TPSA) is 81.1 Å². The molecule has 0 aliphatic heterocycles. The van der Waals surface area contributed by atoms with Crippen LogP contribution >= 0.6 is 0 Å². The van der Waals surface area contributed by atoms with E-state index in [2.05, 4.69) is 10.3 Å². The lowest BCUT2D eigenvalue weighted by Gasteiger charge is -2.02. The molecule has 0 aromatic carbocycles. The van der Waals surface area contributed by atoms with Crippen LogP contribution < -0.4 is 0 Å². The van der Waals surface area contributed by atoms with E-state index >= 15 is 0 Å². The van der Waals surface area contributed by atoms with Crippen LogP contribution in [0.1, 0.15) is 29.4 Å². The van der Waals surface area contributed by atoms with Gasteiger partial charge in [-0.2, -0.15) is 0 Å². The SMILES string of the molecule is O=C(O)c1nnn(C2CC2)c1-c1ccoc1. The summed E-state index contributed by atoms with van der Waals surface area (Å²) in [4.78, 5) is 11.0. The minimum absolute atomic E-state index is 0.0201. The van der Waals surface area contributed by atoms with Gasteiger partial charge in [0.25, 0.3) is 0 Å². The van der Waals surface area contributed by atoms with Crippen LogP contribution in [0.25, 0.3) is 11.3 Å². The molecule has 0 spiro atoms. The van der Waals surface area contributed by atoms with Crippen LogP contribution in [0.4, 0.5) is 0 Å². The molecule has 1 aliphatic carbocycles. The summed E-state index contributed by atoms with van der Waals surface area (Å²) in [6.45, 7) is 0.